The molecule has 9 aromatic carbocycles. The van der Waals surface area contributed by atoms with E-state index in [0.717, 1.165) is 61.3 Å². The Kier molecular flexibility index (Phi) is 8.55. The summed E-state index contributed by atoms with van der Waals surface area (Å²) in [5, 5.41) is 2.19. The fourth-order valence-electron chi connectivity index (χ4n) is 8.05. The molecule has 0 atom stereocenters. The van der Waals surface area contributed by atoms with Gasteiger partial charge in [0.2, 0.25) is 0 Å². The van der Waals surface area contributed by atoms with Crippen LogP contribution in [-0.4, -0.2) is 0 Å². The molecule has 1 aromatic heterocycles. The van der Waals surface area contributed by atoms with Crippen molar-refractivity contribution in [2.45, 2.75) is 0 Å². The van der Waals surface area contributed by atoms with E-state index in [0.29, 0.717) is 0 Å². The van der Waals surface area contributed by atoms with Crippen LogP contribution in [0.1, 0.15) is 0 Å². The van der Waals surface area contributed by atoms with Crippen LogP contribution < -0.4 is 4.90 Å². The van der Waals surface area contributed by atoms with Crippen molar-refractivity contribution >= 4 is 39.0 Å². The van der Waals surface area contributed by atoms with Crippen molar-refractivity contribution in [2.75, 3.05) is 4.90 Å². The molecule has 0 bridgehead atoms. The second kappa shape index (κ2) is 14.4. The number of hydrogen-bond donors (Lipinski definition) is 0. The maximum atomic E-state index is 6.74. The Balaban J connectivity index is 1.24. The lowest BCUT2D eigenvalue weighted by molar-refractivity contribution is 0.669. The normalized spacial score (nSPS) is 11.2. The van der Waals surface area contributed by atoms with Crippen LogP contribution in [0.25, 0.3) is 77.6 Å². The Labute approximate surface area is 327 Å². The maximum absolute atomic E-state index is 6.74. The topological polar surface area (TPSA) is 16.4 Å². The summed E-state index contributed by atoms with van der Waals surface area (Å²) in [5.41, 5.74) is 16.5. The highest BCUT2D eigenvalue weighted by atomic mass is 16.3. The van der Waals surface area contributed by atoms with Crippen LogP contribution in [0.3, 0.4) is 0 Å². The smallest absolute Gasteiger partial charge is 0.159 e. The summed E-state index contributed by atoms with van der Waals surface area (Å²) >= 11 is 0. The predicted octanol–water partition coefficient (Wildman–Crippen LogP) is 15.4. The number of rotatable bonds is 8. The molecule has 0 aliphatic rings. The van der Waals surface area contributed by atoms with Crippen molar-refractivity contribution in [3.05, 3.63) is 224 Å². The molecular weight excluding hydrogens is 679 g/mol. The van der Waals surface area contributed by atoms with Gasteiger partial charge in [0.05, 0.1) is 11.4 Å². The van der Waals surface area contributed by atoms with Gasteiger partial charge < -0.3 is 9.32 Å². The van der Waals surface area contributed by atoms with Crippen LogP contribution in [0.5, 0.6) is 0 Å². The lowest BCUT2D eigenvalue weighted by atomic mass is 9.86. The number of furan rings is 1. The lowest BCUT2D eigenvalue weighted by Crippen LogP contribution is -2.11. The maximum Gasteiger partial charge on any atom is 0.159 e. The predicted molar refractivity (Wildman–Crippen MR) is 236 cm³/mol. The Hall–Kier alpha value is -7.42. The van der Waals surface area contributed by atoms with E-state index in [1.807, 2.05) is 6.07 Å². The van der Waals surface area contributed by atoms with E-state index in [2.05, 4.69) is 223 Å². The molecule has 10 aromatic rings. The van der Waals surface area contributed by atoms with E-state index in [1.54, 1.807) is 0 Å². The van der Waals surface area contributed by atoms with E-state index in [1.165, 1.54) is 33.4 Å². The second-order valence-corrected chi connectivity index (χ2v) is 14.1. The van der Waals surface area contributed by atoms with E-state index in [4.69, 9.17) is 4.42 Å². The molecule has 0 radical (unpaired) electrons. The molecule has 0 aliphatic carbocycles. The standard InChI is InChI=1S/C54H37NO/c1-4-17-38(18-5-1)40-31-34-43(35-32-40)55(52-29-16-27-49-48-26-13-15-30-53(48)56-54(49)52)51-28-14-12-25-47(51)50-37-42(39-19-6-2-7-20-39)33-36-46(50)45-24-11-10-23-44(45)41-21-8-3-9-22-41/h1-37H. The molecule has 0 aliphatic heterocycles. The molecule has 0 amide bonds. The molecule has 56 heavy (non-hydrogen) atoms. The van der Waals surface area contributed by atoms with E-state index < -0.39 is 0 Å². The number of nitrogens with zero attached hydrogens (tertiary/aromatic N) is 1. The van der Waals surface area contributed by atoms with Gasteiger partial charge in [-0.25, -0.2) is 0 Å². The van der Waals surface area contributed by atoms with Crippen molar-refractivity contribution in [2.24, 2.45) is 0 Å². The van der Waals surface area contributed by atoms with Crippen molar-refractivity contribution in [3.8, 4) is 55.6 Å². The second-order valence-electron chi connectivity index (χ2n) is 14.1. The Morgan fingerprint density at radius 1 is 0.286 bits per heavy atom. The third-order valence-electron chi connectivity index (χ3n) is 10.7. The van der Waals surface area contributed by atoms with E-state index >= 15 is 0 Å². The average molecular weight is 716 g/mol. The van der Waals surface area contributed by atoms with Crippen LogP contribution in [0, 0.1) is 0 Å². The fourth-order valence-corrected chi connectivity index (χ4v) is 8.05. The van der Waals surface area contributed by atoms with Crippen LogP contribution in [0.4, 0.5) is 17.1 Å². The zero-order valence-electron chi connectivity index (χ0n) is 30.7. The first kappa shape index (κ1) is 33.2. The van der Waals surface area contributed by atoms with Gasteiger partial charge in [-0.2, -0.15) is 0 Å². The Morgan fingerprint density at radius 3 is 1.52 bits per heavy atom. The zero-order valence-corrected chi connectivity index (χ0v) is 30.7. The van der Waals surface area contributed by atoms with Gasteiger partial charge in [-0.1, -0.05) is 188 Å². The number of hydrogen-bond acceptors (Lipinski definition) is 2. The molecule has 0 saturated carbocycles. The molecule has 264 valence electrons. The van der Waals surface area contributed by atoms with Crippen molar-refractivity contribution in [1.82, 2.24) is 0 Å². The summed E-state index contributed by atoms with van der Waals surface area (Å²) in [6.07, 6.45) is 0. The summed E-state index contributed by atoms with van der Waals surface area (Å²) < 4.78 is 6.74. The fraction of sp³-hybridized carbons (Fsp3) is 0. The van der Waals surface area contributed by atoms with Crippen LogP contribution >= 0.6 is 0 Å². The molecule has 0 saturated heterocycles. The molecule has 0 N–H and O–H groups in total. The van der Waals surface area contributed by atoms with Crippen molar-refractivity contribution < 1.29 is 4.42 Å². The first-order valence-corrected chi connectivity index (χ1v) is 19.1. The molecule has 10 rings (SSSR count). The SMILES string of the molecule is c1ccc(-c2ccc(N(c3ccccc3-c3cc(-c4ccccc4)ccc3-c3ccccc3-c3ccccc3)c3cccc4c3oc3ccccc34)cc2)cc1. The summed E-state index contributed by atoms with van der Waals surface area (Å²) in [5.74, 6) is 0. The van der Waals surface area contributed by atoms with Gasteiger partial charge >= 0.3 is 0 Å². The van der Waals surface area contributed by atoms with E-state index in [-0.39, 0.29) is 0 Å². The zero-order chi connectivity index (χ0) is 37.3. The molecule has 0 unspecified atom stereocenters. The van der Waals surface area contributed by atoms with Crippen molar-refractivity contribution in [1.29, 1.82) is 0 Å². The lowest BCUT2D eigenvalue weighted by Gasteiger charge is -2.29. The number of fused-ring (bicyclic) bond motifs is 3. The van der Waals surface area contributed by atoms with Gasteiger partial charge in [0.1, 0.15) is 5.58 Å². The molecule has 0 spiro atoms. The largest absolute Gasteiger partial charge is 0.454 e. The summed E-state index contributed by atoms with van der Waals surface area (Å²) in [6, 6.07) is 80.1. The minimum Gasteiger partial charge on any atom is -0.454 e. The quantitative estimate of drug-likeness (QED) is 0.156. The highest BCUT2D eigenvalue weighted by Gasteiger charge is 2.24. The monoisotopic (exact) mass is 715 g/mol. The third-order valence-corrected chi connectivity index (χ3v) is 10.7. The highest BCUT2D eigenvalue weighted by molar-refractivity contribution is 6.11. The van der Waals surface area contributed by atoms with Crippen LogP contribution in [0.15, 0.2) is 229 Å². The highest BCUT2D eigenvalue weighted by Crippen LogP contribution is 2.48. The van der Waals surface area contributed by atoms with Gasteiger partial charge in [-0.3, -0.25) is 0 Å². The minimum atomic E-state index is 0.850. The van der Waals surface area contributed by atoms with Crippen LogP contribution in [-0.2, 0) is 0 Å². The van der Waals surface area contributed by atoms with Crippen molar-refractivity contribution in [3.63, 3.8) is 0 Å². The van der Waals surface area contributed by atoms with E-state index in [9.17, 15) is 0 Å². The van der Waals surface area contributed by atoms with Gasteiger partial charge in [0.15, 0.2) is 5.58 Å². The molecule has 2 heteroatoms. The molecular formula is C54H37NO. The third kappa shape index (κ3) is 6.04. The first-order valence-electron chi connectivity index (χ1n) is 19.1. The average Bonchev–Trinajstić information content (AvgIpc) is 3.67. The summed E-state index contributed by atoms with van der Waals surface area (Å²) in [4.78, 5) is 2.37. The molecule has 2 nitrogen and oxygen atoms in total. The molecule has 1 heterocycles. The first-order chi connectivity index (χ1) is 27.8. The van der Waals surface area contributed by atoms with Crippen LogP contribution in [0.2, 0.25) is 0 Å². The number of para-hydroxylation sites is 3. The summed E-state index contributed by atoms with van der Waals surface area (Å²) in [7, 11) is 0. The minimum absolute atomic E-state index is 0.850. The number of benzene rings is 9. The van der Waals surface area contributed by atoms with Gasteiger partial charge in [-0.05, 0) is 86.5 Å². The van der Waals surface area contributed by atoms with Gasteiger partial charge in [0, 0.05) is 22.0 Å². The Morgan fingerprint density at radius 2 is 0.786 bits per heavy atom. The summed E-state index contributed by atoms with van der Waals surface area (Å²) in [6.45, 7) is 0. The number of anilines is 3. The Bertz CT molecular complexity index is 2950. The van der Waals surface area contributed by atoms with Gasteiger partial charge in [0.25, 0.3) is 0 Å². The molecule has 0 fully saturated rings. The van der Waals surface area contributed by atoms with Gasteiger partial charge in [-0.15, -0.1) is 0 Å².